The first-order chi connectivity index (χ1) is 8.15. The Balaban J connectivity index is 1.93. The zero-order chi connectivity index (χ0) is 12.3. The van der Waals surface area contributed by atoms with E-state index in [4.69, 9.17) is 0 Å². The van der Waals surface area contributed by atoms with Crippen molar-refractivity contribution >= 4 is 5.91 Å². The van der Waals surface area contributed by atoms with Gasteiger partial charge in [-0.3, -0.25) is 4.79 Å². The van der Waals surface area contributed by atoms with Gasteiger partial charge in [0.1, 0.15) is 5.82 Å². The molecule has 0 aliphatic carbocycles. The van der Waals surface area contributed by atoms with Gasteiger partial charge in [0.25, 0.3) is 5.91 Å². The lowest BCUT2D eigenvalue weighted by Gasteiger charge is -2.29. The Morgan fingerprint density at radius 1 is 1.41 bits per heavy atom. The summed E-state index contributed by atoms with van der Waals surface area (Å²) in [5, 5.41) is 2.95. The van der Waals surface area contributed by atoms with Crippen LogP contribution in [0.1, 0.15) is 23.2 Å². The molecule has 1 saturated heterocycles. The molecule has 17 heavy (non-hydrogen) atoms. The number of hydrogen-bond acceptors (Lipinski definition) is 2. The van der Waals surface area contributed by atoms with Crippen LogP contribution in [0.5, 0.6) is 0 Å². The van der Waals surface area contributed by atoms with E-state index in [0.29, 0.717) is 5.56 Å². The van der Waals surface area contributed by atoms with E-state index in [1.54, 1.807) is 12.1 Å². The van der Waals surface area contributed by atoms with Crippen LogP contribution < -0.4 is 5.32 Å². The molecule has 3 nitrogen and oxygen atoms in total. The van der Waals surface area contributed by atoms with Gasteiger partial charge in [0, 0.05) is 11.6 Å². The van der Waals surface area contributed by atoms with E-state index in [0.717, 1.165) is 25.9 Å². The van der Waals surface area contributed by atoms with Crippen LogP contribution in [0.25, 0.3) is 0 Å². The summed E-state index contributed by atoms with van der Waals surface area (Å²) in [6, 6.07) is 6.00. The molecular formula is C13H17FN2O. The molecule has 4 heteroatoms. The minimum absolute atomic E-state index is 0.181. The summed E-state index contributed by atoms with van der Waals surface area (Å²) in [6.07, 6.45) is 1.91. The van der Waals surface area contributed by atoms with Crippen LogP contribution in [0.4, 0.5) is 4.39 Å². The number of piperidine rings is 1. The smallest absolute Gasteiger partial charge is 0.251 e. The Morgan fingerprint density at radius 3 is 2.76 bits per heavy atom. The van der Waals surface area contributed by atoms with Crippen LogP contribution in [0.15, 0.2) is 24.3 Å². The highest BCUT2D eigenvalue weighted by molar-refractivity contribution is 5.94. The maximum absolute atomic E-state index is 13.0. The third kappa shape index (κ3) is 3.27. The Kier molecular flexibility index (Phi) is 3.74. The van der Waals surface area contributed by atoms with Crippen LogP contribution in [-0.4, -0.2) is 37.0 Å². The number of halogens is 1. The standard InChI is InChI=1S/C13H17FN2O/c1-16-7-5-12(6-8-16)15-13(17)10-3-2-4-11(14)9-10/h2-4,9,12H,5-8H2,1H3,(H,15,17). The number of nitrogens with zero attached hydrogens (tertiary/aromatic N) is 1. The van der Waals surface area contributed by atoms with Crippen molar-refractivity contribution in [2.24, 2.45) is 0 Å². The van der Waals surface area contributed by atoms with Gasteiger partial charge in [-0.05, 0) is 51.2 Å². The van der Waals surface area contributed by atoms with Crippen molar-refractivity contribution < 1.29 is 9.18 Å². The Bertz CT molecular complexity index is 400. The van der Waals surface area contributed by atoms with Crippen molar-refractivity contribution in [1.82, 2.24) is 10.2 Å². The van der Waals surface area contributed by atoms with Gasteiger partial charge in [-0.25, -0.2) is 4.39 Å². The zero-order valence-electron chi connectivity index (χ0n) is 9.95. The second kappa shape index (κ2) is 5.27. The number of hydrogen-bond donors (Lipinski definition) is 1. The lowest BCUT2D eigenvalue weighted by atomic mass is 10.0. The van der Waals surface area contributed by atoms with Crippen molar-refractivity contribution in [2.45, 2.75) is 18.9 Å². The highest BCUT2D eigenvalue weighted by atomic mass is 19.1. The van der Waals surface area contributed by atoms with Crippen molar-refractivity contribution in [3.63, 3.8) is 0 Å². The molecule has 0 atom stereocenters. The minimum Gasteiger partial charge on any atom is -0.349 e. The summed E-state index contributed by atoms with van der Waals surface area (Å²) in [4.78, 5) is 14.1. The fourth-order valence-electron chi connectivity index (χ4n) is 2.05. The van der Waals surface area contributed by atoms with Crippen LogP contribution in [0.2, 0.25) is 0 Å². The van der Waals surface area contributed by atoms with E-state index in [9.17, 15) is 9.18 Å². The molecule has 92 valence electrons. The molecule has 1 N–H and O–H groups in total. The fourth-order valence-corrected chi connectivity index (χ4v) is 2.05. The highest BCUT2D eigenvalue weighted by Gasteiger charge is 2.19. The molecular weight excluding hydrogens is 219 g/mol. The quantitative estimate of drug-likeness (QED) is 0.846. The lowest BCUT2D eigenvalue weighted by molar-refractivity contribution is 0.0916. The van der Waals surface area contributed by atoms with Crippen LogP contribution in [0.3, 0.4) is 0 Å². The Morgan fingerprint density at radius 2 is 2.12 bits per heavy atom. The van der Waals surface area contributed by atoms with E-state index in [2.05, 4.69) is 17.3 Å². The molecule has 1 aromatic carbocycles. The first-order valence-corrected chi connectivity index (χ1v) is 5.90. The summed E-state index contributed by atoms with van der Waals surface area (Å²) in [6.45, 7) is 1.99. The molecule has 0 spiro atoms. The number of likely N-dealkylation sites (tertiary alicyclic amines) is 1. The van der Waals surface area contributed by atoms with Gasteiger partial charge in [0.05, 0.1) is 0 Å². The number of amides is 1. The second-order valence-electron chi connectivity index (χ2n) is 4.56. The third-order valence-corrected chi connectivity index (χ3v) is 3.14. The second-order valence-corrected chi connectivity index (χ2v) is 4.56. The predicted molar refractivity (Wildman–Crippen MR) is 64.4 cm³/mol. The molecule has 1 aromatic rings. The van der Waals surface area contributed by atoms with Crippen molar-refractivity contribution in [3.8, 4) is 0 Å². The van der Waals surface area contributed by atoms with Crippen LogP contribution >= 0.6 is 0 Å². The van der Waals surface area contributed by atoms with Gasteiger partial charge < -0.3 is 10.2 Å². The topological polar surface area (TPSA) is 32.3 Å². The van der Waals surface area contributed by atoms with Gasteiger partial charge >= 0.3 is 0 Å². The number of nitrogens with one attached hydrogen (secondary N) is 1. The van der Waals surface area contributed by atoms with Crippen molar-refractivity contribution in [1.29, 1.82) is 0 Å². The molecule has 1 fully saturated rings. The molecule has 1 aliphatic rings. The number of carbonyl (C=O) groups is 1. The average Bonchev–Trinajstić information content (AvgIpc) is 2.32. The molecule has 1 amide bonds. The summed E-state index contributed by atoms with van der Waals surface area (Å²) in [5.41, 5.74) is 0.393. The average molecular weight is 236 g/mol. The SMILES string of the molecule is CN1CCC(NC(=O)c2cccc(F)c2)CC1. The van der Waals surface area contributed by atoms with Gasteiger partial charge in [0.15, 0.2) is 0 Å². The molecule has 1 heterocycles. The van der Waals surface area contributed by atoms with Crippen LogP contribution in [-0.2, 0) is 0 Å². The van der Waals surface area contributed by atoms with Crippen molar-refractivity contribution in [3.05, 3.63) is 35.6 Å². The highest BCUT2D eigenvalue weighted by Crippen LogP contribution is 2.10. The fraction of sp³-hybridized carbons (Fsp3) is 0.462. The normalized spacial score (nSPS) is 18.0. The molecule has 2 rings (SSSR count). The van der Waals surface area contributed by atoms with Crippen molar-refractivity contribution in [2.75, 3.05) is 20.1 Å². The summed E-state index contributed by atoms with van der Waals surface area (Å²) in [7, 11) is 2.07. The first kappa shape index (κ1) is 12.0. The number of rotatable bonds is 2. The summed E-state index contributed by atoms with van der Waals surface area (Å²) in [5.74, 6) is -0.555. The van der Waals surface area contributed by atoms with E-state index in [1.165, 1.54) is 12.1 Å². The number of benzene rings is 1. The molecule has 0 radical (unpaired) electrons. The van der Waals surface area contributed by atoms with Gasteiger partial charge in [-0.15, -0.1) is 0 Å². The molecule has 0 bridgehead atoms. The Hall–Kier alpha value is -1.42. The molecule has 0 aromatic heterocycles. The molecule has 1 aliphatic heterocycles. The van der Waals surface area contributed by atoms with E-state index in [1.807, 2.05) is 0 Å². The van der Waals surface area contributed by atoms with Gasteiger partial charge in [-0.2, -0.15) is 0 Å². The largest absolute Gasteiger partial charge is 0.349 e. The molecule has 0 saturated carbocycles. The van der Waals surface area contributed by atoms with E-state index >= 15 is 0 Å². The third-order valence-electron chi connectivity index (χ3n) is 3.14. The number of carbonyl (C=O) groups excluding carboxylic acids is 1. The predicted octanol–water partition coefficient (Wildman–Crippen LogP) is 1.65. The maximum Gasteiger partial charge on any atom is 0.251 e. The van der Waals surface area contributed by atoms with E-state index in [-0.39, 0.29) is 17.8 Å². The minimum atomic E-state index is -0.374. The van der Waals surface area contributed by atoms with Crippen LogP contribution in [0, 0.1) is 5.82 Å². The molecule has 0 unspecified atom stereocenters. The monoisotopic (exact) mass is 236 g/mol. The zero-order valence-corrected chi connectivity index (χ0v) is 9.95. The van der Waals surface area contributed by atoms with Gasteiger partial charge in [-0.1, -0.05) is 6.07 Å². The Labute approximate surface area is 101 Å². The lowest BCUT2D eigenvalue weighted by Crippen LogP contribution is -2.43. The summed E-state index contributed by atoms with van der Waals surface area (Å²) >= 11 is 0. The summed E-state index contributed by atoms with van der Waals surface area (Å²) < 4.78 is 13.0. The maximum atomic E-state index is 13.0. The van der Waals surface area contributed by atoms with Gasteiger partial charge in [0.2, 0.25) is 0 Å². The first-order valence-electron chi connectivity index (χ1n) is 5.90. The van der Waals surface area contributed by atoms with E-state index < -0.39 is 0 Å².